The molecule has 4 saturated carbocycles. The van der Waals surface area contributed by atoms with Gasteiger partial charge in [-0.1, -0.05) is 0 Å². The molecule has 0 saturated heterocycles. The van der Waals surface area contributed by atoms with Gasteiger partial charge in [-0.15, -0.1) is 0 Å². The summed E-state index contributed by atoms with van der Waals surface area (Å²) in [6, 6.07) is 10.3. The summed E-state index contributed by atoms with van der Waals surface area (Å²) in [6.45, 7) is 2.08. The Hall–Kier alpha value is -2.03. The van der Waals surface area contributed by atoms with Gasteiger partial charge in [-0.3, -0.25) is 4.79 Å². The number of rotatable bonds is 4. The third-order valence-electron chi connectivity index (χ3n) is 7.09. The Balaban J connectivity index is 1.29. The Morgan fingerprint density at radius 2 is 1.69 bits per heavy atom. The van der Waals surface area contributed by atoms with Crippen molar-refractivity contribution in [3.8, 4) is 5.69 Å². The van der Waals surface area contributed by atoms with Gasteiger partial charge in [-0.25, -0.2) is 0 Å². The minimum absolute atomic E-state index is 0.212. The van der Waals surface area contributed by atoms with Crippen LogP contribution in [0.5, 0.6) is 0 Å². The summed E-state index contributed by atoms with van der Waals surface area (Å²) in [5, 5.41) is 3.21. The van der Waals surface area contributed by atoms with Crippen molar-refractivity contribution in [1.82, 2.24) is 4.57 Å². The summed E-state index contributed by atoms with van der Waals surface area (Å²) >= 11 is 0. The SMILES string of the molecule is Cc1cc(-n2cccc2)ccc1NC(=O)CC12CC3CC(CC(C3)C1)C2. The fraction of sp³-hybridized carbons (Fsp3) is 0.522. The molecule has 136 valence electrons. The first-order valence-corrected chi connectivity index (χ1v) is 10.1. The van der Waals surface area contributed by atoms with E-state index >= 15 is 0 Å². The number of anilines is 1. The lowest BCUT2D eigenvalue weighted by Crippen LogP contribution is -2.47. The number of hydrogen-bond donors (Lipinski definition) is 1. The highest BCUT2D eigenvalue weighted by Crippen LogP contribution is 2.61. The molecule has 3 heteroatoms. The predicted octanol–water partition coefficient (Wildman–Crippen LogP) is 5.33. The van der Waals surface area contributed by atoms with E-state index in [4.69, 9.17) is 0 Å². The second-order valence-electron chi connectivity index (χ2n) is 9.23. The van der Waals surface area contributed by atoms with Gasteiger partial charge in [-0.2, -0.15) is 0 Å². The number of nitrogens with zero attached hydrogens (tertiary/aromatic N) is 1. The number of carbonyl (C=O) groups excluding carboxylic acids is 1. The smallest absolute Gasteiger partial charge is 0.224 e. The lowest BCUT2D eigenvalue weighted by molar-refractivity contribution is -0.124. The van der Waals surface area contributed by atoms with Crippen LogP contribution in [0.3, 0.4) is 0 Å². The molecule has 1 aromatic heterocycles. The number of aromatic nitrogens is 1. The number of hydrogen-bond acceptors (Lipinski definition) is 1. The second kappa shape index (κ2) is 6.00. The molecule has 1 heterocycles. The van der Waals surface area contributed by atoms with Crippen LogP contribution in [0.1, 0.15) is 50.5 Å². The number of aryl methyl sites for hydroxylation is 1. The van der Waals surface area contributed by atoms with Gasteiger partial charge in [0.2, 0.25) is 5.91 Å². The Bertz CT molecular complexity index is 785. The molecule has 0 unspecified atom stereocenters. The molecular formula is C23H28N2O. The minimum Gasteiger partial charge on any atom is -0.326 e. The lowest BCUT2D eigenvalue weighted by atomic mass is 9.49. The third-order valence-corrected chi connectivity index (χ3v) is 7.09. The van der Waals surface area contributed by atoms with E-state index in [0.29, 0.717) is 5.41 Å². The van der Waals surface area contributed by atoms with E-state index in [-0.39, 0.29) is 5.91 Å². The molecule has 1 amide bonds. The van der Waals surface area contributed by atoms with Gasteiger partial charge in [0.25, 0.3) is 0 Å². The zero-order valence-corrected chi connectivity index (χ0v) is 15.6. The van der Waals surface area contributed by atoms with Crippen molar-refractivity contribution in [2.75, 3.05) is 5.32 Å². The third kappa shape index (κ3) is 2.87. The number of amides is 1. The van der Waals surface area contributed by atoms with E-state index in [1.165, 1.54) is 38.5 Å². The lowest BCUT2D eigenvalue weighted by Gasteiger charge is -2.56. The quantitative estimate of drug-likeness (QED) is 0.796. The Morgan fingerprint density at radius 1 is 1.08 bits per heavy atom. The normalized spacial score (nSPS) is 32.0. The fourth-order valence-electron chi connectivity index (χ4n) is 6.50. The highest BCUT2D eigenvalue weighted by molar-refractivity contribution is 5.92. The van der Waals surface area contributed by atoms with Crippen molar-refractivity contribution < 1.29 is 4.79 Å². The van der Waals surface area contributed by atoms with Crippen LogP contribution in [0.2, 0.25) is 0 Å². The largest absolute Gasteiger partial charge is 0.326 e. The molecule has 0 aliphatic heterocycles. The maximum Gasteiger partial charge on any atom is 0.224 e. The monoisotopic (exact) mass is 348 g/mol. The zero-order valence-electron chi connectivity index (χ0n) is 15.6. The van der Waals surface area contributed by atoms with Crippen LogP contribution < -0.4 is 5.32 Å². The van der Waals surface area contributed by atoms with Gasteiger partial charge in [0.15, 0.2) is 0 Å². The summed E-state index contributed by atoms with van der Waals surface area (Å²) in [7, 11) is 0. The van der Waals surface area contributed by atoms with Gasteiger partial charge < -0.3 is 9.88 Å². The molecule has 4 fully saturated rings. The molecule has 4 aliphatic rings. The summed E-state index contributed by atoms with van der Waals surface area (Å²) < 4.78 is 2.09. The Morgan fingerprint density at radius 3 is 2.27 bits per heavy atom. The van der Waals surface area contributed by atoms with Crippen molar-refractivity contribution in [1.29, 1.82) is 0 Å². The standard InChI is InChI=1S/C23H28N2O/c1-16-8-20(25-6-2-3-7-25)4-5-21(16)24-22(26)15-23-12-17-9-18(13-23)11-19(10-17)14-23/h2-8,17-19H,9-15H2,1H3,(H,24,26). The molecule has 4 bridgehead atoms. The van der Waals surface area contributed by atoms with Crippen molar-refractivity contribution in [2.45, 2.75) is 51.9 Å². The maximum atomic E-state index is 12.8. The second-order valence-corrected chi connectivity index (χ2v) is 9.23. The van der Waals surface area contributed by atoms with Crippen molar-refractivity contribution >= 4 is 11.6 Å². The average molecular weight is 348 g/mol. The van der Waals surface area contributed by atoms with E-state index in [0.717, 1.165) is 41.1 Å². The van der Waals surface area contributed by atoms with E-state index in [9.17, 15) is 4.79 Å². The summed E-state index contributed by atoms with van der Waals surface area (Å²) in [6.07, 6.45) is 13.0. The maximum absolute atomic E-state index is 12.8. The average Bonchev–Trinajstić information content (AvgIpc) is 3.09. The molecule has 0 spiro atoms. The van der Waals surface area contributed by atoms with E-state index in [1.54, 1.807) is 0 Å². The van der Waals surface area contributed by atoms with Crippen LogP contribution >= 0.6 is 0 Å². The van der Waals surface area contributed by atoms with Gasteiger partial charge in [0.05, 0.1) is 0 Å². The summed E-state index contributed by atoms with van der Waals surface area (Å²) in [4.78, 5) is 12.8. The van der Waals surface area contributed by atoms with Gasteiger partial charge >= 0.3 is 0 Å². The van der Waals surface area contributed by atoms with Crippen LogP contribution in [-0.4, -0.2) is 10.5 Å². The Kier molecular flexibility index (Phi) is 3.73. The van der Waals surface area contributed by atoms with Crippen molar-refractivity contribution in [2.24, 2.45) is 23.2 Å². The van der Waals surface area contributed by atoms with Crippen LogP contribution in [0.4, 0.5) is 5.69 Å². The molecule has 1 N–H and O–H groups in total. The molecule has 6 rings (SSSR count). The van der Waals surface area contributed by atoms with Crippen LogP contribution in [0.15, 0.2) is 42.7 Å². The Labute approximate surface area is 155 Å². The highest BCUT2D eigenvalue weighted by Gasteiger charge is 2.51. The molecule has 0 radical (unpaired) electrons. The van der Waals surface area contributed by atoms with Gasteiger partial charge in [-0.05, 0) is 105 Å². The van der Waals surface area contributed by atoms with Gasteiger partial charge in [0.1, 0.15) is 0 Å². The van der Waals surface area contributed by atoms with Crippen LogP contribution in [-0.2, 0) is 4.79 Å². The summed E-state index contributed by atoms with van der Waals surface area (Å²) in [5.74, 6) is 2.91. The van der Waals surface area contributed by atoms with Crippen LogP contribution in [0.25, 0.3) is 5.69 Å². The fourth-order valence-corrected chi connectivity index (χ4v) is 6.50. The topological polar surface area (TPSA) is 34.0 Å². The first kappa shape index (κ1) is 16.2. The molecule has 4 aliphatic carbocycles. The number of benzene rings is 1. The summed E-state index contributed by atoms with van der Waals surface area (Å²) in [5.41, 5.74) is 3.51. The number of nitrogens with one attached hydrogen (secondary N) is 1. The molecule has 1 aromatic carbocycles. The van der Waals surface area contributed by atoms with Crippen LogP contribution in [0, 0.1) is 30.1 Å². The van der Waals surface area contributed by atoms with E-state index < -0.39 is 0 Å². The molecule has 3 nitrogen and oxygen atoms in total. The highest BCUT2D eigenvalue weighted by atomic mass is 16.1. The molecule has 0 atom stereocenters. The number of carbonyl (C=O) groups is 1. The minimum atomic E-state index is 0.212. The zero-order chi connectivity index (χ0) is 17.7. The molecule has 26 heavy (non-hydrogen) atoms. The first-order chi connectivity index (χ1) is 12.6. The van der Waals surface area contributed by atoms with E-state index in [2.05, 4.69) is 28.9 Å². The predicted molar refractivity (Wildman–Crippen MR) is 104 cm³/mol. The van der Waals surface area contributed by atoms with E-state index in [1.807, 2.05) is 30.6 Å². The molecular weight excluding hydrogens is 320 g/mol. The van der Waals surface area contributed by atoms with Gasteiger partial charge in [0, 0.05) is 30.2 Å². The molecule has 2 aromatic rings. The van der Waals surface area contributed by atoms with Crippen molar-refractivity contribution in [3.63, 3.8) is 0 Å². The first-order valence-electron chi connectivity index (χ1n) is 10.1. The van der Waals surface area contributed by atoms with Crippen molar-refractivity contribution in [3.05, 3.63) is 48.3 Å².